The third kappa shape index (κ3) is 7.57. The lowest BCUT2D eigenvalue weighted by atomic mass is 9.92. The number of fused-ring (bicyclic) bond motifs is 2. The molecule has 0 bridgehead atoms. The number of carbonyl (C=O) groups excluding carboxylic acids is 2. The molecule has 6 rings (SSSR count). The average Bonchev–Trinajstić information content (AvgIpc) is 3.13. The van der Waals surface area contributed by atoms with E-state index < -0.39 is 21.8 Å². The summed E-state index contributed by atoms with van der Waals surface area (Å²) in [6.07, 6.45) is 3.82. The van der Waals surface area contributed by atoms with Gasteiger partial charge < -0.3 is 15.5 Å². The van der Waals surface area contributed by atoms with Gasteiger partial charge in [0.05, 0.1) is 21.8 Å². The number of hydrogen-bond donors (Lipinski definition) is 2. The van der Waals surface area contributed by atoms with Gasteiger partial charge in [-0.2, -0.15) is 0 Å². The molecule has 0 fully saturated rings. The van der Waals surface area contributed by atoms with Gasteiger partial charge in [-0.3, -0.25) is 9.59 Å². The first kappa shape index (κ1) is 36.2. The molecule has 2 amide bonds. The fraction of sp³-hybridized carbons (Fsp3) is 0.263. The number of aromatic nitrogens is 2. The van der Waals surface area contributed by atoms with Gasteiger partial charge >= 0.3 is 0 Å². The van der Waals surface area contributed by atoms with Crippen molar-refractivity contribution in [3.8, 4) is 11.3 Å². The van der Waals surface area contributed by atoms with E-state index in [0.717, 1.165) is 42.4 Å². The number of nitrogens with two attached hydrogens (primary N) is 1. The molecule has 0 saturated heterocycles. The summed E-state index contributed by atoms with van der Waals surface area (Å²) in [6, 6.07) is 21.7. The second-order valence-electron chi connectivity index (χ2n) is 12.5. The molecule has 1 aromatic heterocycles. The van der Waals surface area contributed by atoms with Crippen LogP contribution in [0.2, 0.25) is 10.0 Å². The second kappa shape index (κ2) is 15.4. The summed E-state index contributed by atoms with van der Waals surface area (Å²) < 4.78 is 29.1. The molecule has 0 aliphatic carbocycles. The number of carbonyl (C=O) groups is 2. The molecule has 2 heterocycles. The zero-order valence-corrected chi connectivity index (χ0v) is 30.6. The summed E-state index contributed by atoms with van der Waals surface area (Å²) in [4.78, 5) is 41.3. The standard InChI is InChI=1S/C38H38Cl2N6O4S/c1-3-16-45(17-4-2)38-42-22-34(40)35(43-38)30-15-13-26(19-32(30)37(48)46-23-27-9-6-5-8-25(27)18-28(46)21-41)36(47)44-51(49,50)29-14-12-24-10-7-11-33(39)31(24)20-29/h5-15,19-20,22,28H,3-4,16-18,21,23,41H2,1-2H3,(H,44,47). The highest BCUT2D eigenvalue weighted by atomic mass is 35.5. The molecule has 51 heavy (non-hydrogen) atoms. The zero-order valence-electron chi connectivity index (χ0n) is 28.3. The van der Waals surface area contributed by atoms with Gasteiger partial charge in [-0.05, 0) is 66.1 Å². The molecule has 13 heteroatoms. The Bertz CT molecular complexity index is 2230. The topological polar surface area (TPSA) is 139 Å². The largest absolute Gasteiger partial charge is 0.341 e. The first-order chi connectivity index (χ1) is 24.5. The second-order valence-corrected chi connectivity index (χ2v) is 15.0. The van der Waals surface area contributed by atoms with E-state index in [1.807, 2.05) is 30.3 Å². The normalized spacial score (nSPS) is 14.3. The van der Waals surface area contributed by atoms with Crippen LogP contribution < -0.4 is 15.4 Å². The zero-order chi connectivity index (χ0) is 36.3. The fourth-order valence-corrected chi connectivity index (χ4v) is 7.86. The van der Waals surface area contributed by atoms with E-state index in [9.17, 15) is 18.0 Å². The Balaban J connectivity index is 1.42. The Morgan fingerprint density at radius 1 is 0.941 bits per heavy atom. The molecule has 10 nitrogen and oxygen atoms in total. The predicted molar refractivity (Wildman–Crippen MR) is 202 cm³/mol. The number of amides is 2. The lowest BCUT2D eigenvalue weighted by Crippen LogP contribution is -2.48. The van der Waals surface area contributed by atoms with E-state index >= 15 is 0 Å². The SMILES string of the molecule is CCCN(CCC)c1ncc(Cl)c(-c2ccc(C(=O)NS(=O)(=O)c3ccc4cccc(Cl)c4c3)cc2C(=O)N2Cc3ccccc3CC2CN)n1. The van der Waals surface area contributed by atoms with Gasteiger partial charge in [0, 0.05) is 59.3 Å². The molecule has 0 radical (unpaired) electrons. The van der Waals surface area contributed by atoms with Crippen LogP contribution in [-0.4, -0.2) is 60.8 Å². The van der Waals surface area contributed by atoms with Crippen LogP contribution in [0, 0.1) is 0 Å². The smallest absolute Gasteiger partial charge is 0.265 e. The Hall–Kier alpha value is -4.55. The Labute approximate surface area is 307 Å². The Kier molecular flexibility index (Phi) is 10.9. The number of halogens is 2. The van der Waals surface area contributed by atoms with Crippen LogP contribution in [0.1, 0.15) is 58.5 Å². The number of nitrogens with one attached hydrogen (secondary N) is 1. The molecular formula is C38H38Cl2N6O4S. The van der Waals surface area contributed by atoms with Gasteiger partial charge in [-0.1, -0.05) is 85.6 Å². The van der Waals surface area contributed by atoms with Crippen molar-refractivity contribution in [2.75, 3.05) is 24.5 Å². The maximum atomic E-state index is 14.7. The quantitative estimate of drug-likeness (QED) is 0.149. The number of sulfonamides is 1. The van der Waals surface area contributed by atoms with Gasteiger partial charge in [-0.25, -0.2) is 23.1 Å². The molecule has 1 aliphatic rings. The van der Waals surface area contributed by atoms with Crippen LogP contribution in [-0.2, 0) is 23.0 Å². The van der Waals surface area contributed by atoms with E-state index in [-0.39, 0.29) is 33.6 Å². The van der Waals surface area contributed by atoms with Crippen molar-refractivity contribution in [3.63, 3.8) is 0 Å². The lowest BCUT2D eigenvalue weighted by Gasteiger charge is -2.37. The third-order valence-corrected chi connectivity index (χ3v) is 10.9. The molecule has 1 unspecified atom stereocenters. The molecule has 3 N–H and O–H groups in total. The summed E-state index contributed by atoms with van der Waals surface area (Å²) >= 11 is 13.1. The highest BCUT2D eigenvalue weighted by Gasteiger charge is 2.32. The summed E-state index contributed by atoms with van der Waals surface area (Å²) in [6.45, 7) is 6.10. The molecule has 1 aliphatic heterocycles. The van der Waals surface area contributed by atoms with Gasteiger partial charge in [0.1, 0.15) is 0 Å². The van der Waals surface area contributed by atoms with Crippen molar-refractivity contribution >= 4 is 61.8 Å². The van der Waals surface area contributed by atoms with Crippen LogP contribution in [0.15, 0.2) is 90.0 Å². The Morgan fingerprint density at radius 2 is 1.69 bits per heavy atom. The van der Waals surface area contributed by atoms with E-state index in [2.05, 4.69) is 28.5 Å². The molecule has 5 aromatic rings. The third-order valence-electron chi connectivity index (χ3n) is 8.99. The molecule has 0 saturated carbocycles. The van der Waals surface area contributed by atoms with Crippen LogP contribution in [0.25, 0.3) is 22.0 Å². The minimum absolute atomic E-state index is 0.0461. The molecule has 264 valence electrons. The summed E-state index contributed by atoms with van der Waals surface area (Å²) in [5.74, 6) is -0.848. The van der Waals surface area contributed by atoms with Crippen molar-refractivity contribution in [3.05, 3.63) is 117 Å². The Morgan fingerprint density at radius 3 is 2.41 bits per heavy atom. The minimum Gasteiger partial charge on any atom is -0.341 e. The van der Waals surface area contributed by atoms with Crippen LogP contribution in [0.5, 0.6) is 0 Å². The summed E-state index contributed by atoms with van der Waals surface area (Å²) in [5.41, 5.74) is 9.09. The van der Waals surface area contributed by atoms with Crippen LogP contribution >= 0.6 is 23.2 Å². The lowest BCUT2D eigenvalue weighted by molar-refractivity contribution is 0.0648. The summed E-state index contributed by atoms with van der Waals surface area (Å²) in [7, 11) is -4.33. The highest BCUT2D eigenvalue weighted by Crippen LogP contribution is 2.34. The predicted octanol–water partition coefficient (Wildman–Crippen LogP) is 6.87. The van der Waals surface area contributed by atoms with Crippen LogP contribution in [0.4, 0.5) is 5.95 Å². The van der Waals surface area contributed by atoms with E-state index in [1.165, 1.54) is 30.5 Å². The monoisotopic (exact) mass is 744 g/mol. The highest BCUT2D eigenvalue weighted by molar-refractivity contribution is 7.90. The van der Waals surface area contributed by atoms with Crippen molar-refractivity contribution in [1.82, 2.24) is 19.6 Å². The number of nitrogens with zero attached hydrogens (tertiary/aromatic N) is 4. The van der Waals surface area contributed by atoms with Crippen molar-refractivity contribution in [1.29, 1.82) is 0 Å². The van der Waals surface area contributed by atoms with Gasteiger partial charge in [0.25, 0.3) is 21.8 Å². The molecule has 0 spiro atoms. The number of hydrogen-bond acceptors (Lipinski definition) is 8. The minimum atomic E-state index is -4.33. The number of benzene rings is 4. The summed E-state index contributed by atoms with van der Waals surface area (Å²) in [5, 5.41) is 1.88. The van der Waals surface area contributed by atoms with Gasteiger partial charge in [-0.15, -0.1) is 0 Å². The van der Waals surface area contributed by atoms with E-state index in [0.29, 0.717) is 40.6 Å². The van der Waals surface area contributed by atoms with Crippen molar-refractivity contribution in [2.45, 2.75) is 50.6 Å². The maximum Gasteiger partial charge on any atom is 0.265 e. The fourth-order valence-electron chi connectivity index (χ4n) is 6.43. The number of anilines is 1. The maximum absolute atomic E-state index is 14.7. The van der Waals surface area contributed by atoms with Crippen molar-refractivity contribution in [2.24, 2.45) is 5.73 Å². The van der Waals surface area contributed by atoms with Gasteiger partial charge in [0.2, 0.25) is 5.95 Å². The van der Waals surface area contributed by atoms with E-state index in [4.69, 9.17) is 33.9 Å². The van der Waals surface area contributed by atoms with Crippen LogP contribution in [0.3, 0.4) is 0 Å². The number of rotatable bonds is 11. The molecular weight excluding hydrogens is 707 g/mol. The molecule has 1 atom stereocenters. The van der Waals surface area contributed by atoms with Crippen molar-refractivity contribution < 1.29 is 18.0 Å². The average molecular weight is 746 g/mol. The first-order valence-electron chi connectivity index (χ1n) is 16.8. The first-order valence-corrected chi connectivity index (χ1v) is 19.0. The van der Waals surface area contributed by atoms with E-state index in [1.54, 1.807) is 29.2 Å². The molecule has 4 aromatic carbocycles. The van der Waals surface area contributed by atoms with Gasteiger partial charge in [0.15, 0.2) is 0 Å².